The fourth-order valence-electron chi connectivity index (χ4n) is 4.82. The highest BCUT2D eigenvalue weighted by Crippen LogP contribution is 2.31. The second-order valence-electron chi connectivity index (χ2n) is 9.54. The van der Waals surface area contributed by atoms with E-state index >= 15 is 0 Å². The minimum atomic E-state index is -3.79. The summed E-state index contributed by atoms with van der Waals surface area (Å²) in [5.74, 6) is 0.652. The third-order valence-electron chi connectivity index (χ3n) is 6.81. The number of nitrogens with one attached hydrogen (secondary N) is 2. The topological polar surface area (TPSA) is 148 Å². The molecule has 0 bridgehead atoms. The molecule has 2 aromatic heterocycles. The molecule has 1 saturated heterocycles. The number of fused-ring (bicyclic) bond motifs is 1. The van der Waals surface area contributed by atoms with Crippen LogP contribution in [0.5, 0.6) is 5.75 Å². The van der Waals surface area contributed by atoms with Crippen molar-refractivity contribution in [3.63, 3.8) is 0 Å². The van der Waals surface area contributed by atoms with E-state index in [4.69, 9.17) is 15.5 Å². The van der Waals surface area contributed by atoms with Crippen LogP contribution in [0.15, 0.2) is 27.9 Å². The Kier molecular flexibility index (Phi) is 8.63. The SMILES string of the molecule is CCCc1nn(C)c2c(=O)[nH]c(-c3cc(S(=O)(=O)NCC[C@H]4CCCN4C)ccc3OCCCN)nc12. The average molecular weight is 532 g/mol. The minimum absolute atomic E-state index is 0.0798. The Morgan fingerprint density at radius 1 is 1.30 bits per heavy atom. The Hall–Kier alpha value is -2.80. The number of hydrogen-bond acceptors (Lipinski definition) is 8. The Balaban J connectivity index is 1.70. The zero-order valence-corrected chi connectivity index (χ0v) is 22.6. The first kappa shape index (κ1) is 27.2. The largest absolute Gasteiger partial charge is 0.493 e. The molecule has 0 spiro atoms. The molecule has 1 fully saturated rings. The van der Waals surface area contributed by atoms with Crippen molar-refractivity contribution in [1.82, 2.24) is 29.4 Å². The molecule has 3 aromatic rings. The van der Waals surface area contributed by atoms with E-state index < -0.39 is 10.0 Å². The van der Waals surface area contributed by atoms with Gasteiger partial charge in [0.05, 0.1) is 22.8 Å². The maximum atomic E-state index is 13.2. The van der Waals surface area contributed by atoms with Crippen molar-refractivity contribution in [1.29, 1.82) is 0 Å². The molecule has 4 N–H and O–H groups in total. The van der Waals surface area contributed by atoms with Crippen LogP contribution in [0.25, 0.3) is 22.4 Å². The lowest BCUT2D eigenvalue weighted by Crippen LogP contribution is -2.31. The third kappa shape index (κ3) is 6.03. The van der Waals surface area contributed by atoms with E-state index in [0.29, 0.717) is 60.9 Å². The summed E-state index contributed by atoms with van der Waals surface area (Å²) in [6.07, 6.45) is 5.10. The van der Waals surface area contributed by atoms with Crippen molar-refractivity contribution in [2.24, 2.45) is 12.8 Å². The van der Waals surface area contributed by atoms with Crippen LogP contribution in [0.3, 0.4) is 0 Å². The monoisotopic (exact) mass is 531 g/mol. The van der Waals surface area contributed by atoms with Gasteiger partial charge in [-0.1, -0.05) is 13.3 Å². The standard InChI is InChI=1S/C25H37N7O4S/c1-4-7-20-22-23(32(3)30-20)25(33)29-24(28-22)19-16-18(9-10-21(19)36-15-6-12-26)37(34,35)27-13-11-17-8-5-14-31(17)2/h9-10,16-17,27H,4-8,11-15,26H2,1-3H3,(H,28,29,33)/t17-/m1/s1. The van der Waals surface area contributed by atoms with Gasteiger partial charge in [-0.2, -0.15) is 5.10 Å². The lowest BCUT2D eigenvalue weighted by molar-refractivity contribution is 0.297. The first-order valence-corrected chi connectivity index (χ1v) is 14.4. The van der Waals surface area contributed by atoms with E-state index in [0.717, 1.165) is 37.9 Å². The number of benzene rings is 1. The maximum Gasteiger partial charge on any atom is 0.277 e. The molecule has 0 amide bonds. The van der Waals surface area contributed by atoms with Gasteiger partial charge in [0.15, 0.2) is 5.52 Å². The van der Waals surface area contributed by atoms with Crippen LogP contribution >= 0.6 is 0 Å². The number of aromatic nitrogens is 4. The fourth-order valence-corrected chi connectivity index (χ4v) is 5.89. The molecule has 37 heavy (non-hydrogen) atoms. The number of ether oxygens (including phenoxy) is 1. The van der Waals surface area contributed by atoms with Crippen molar-refractivity contribution < 1.29 is 13.2 Å². The van der Waals surface area contributed by atoms with Crippen LogP contribution in [0.4, 0.5) is 0 Å². The minimum Gasteiger partial charge on any atom is -0.493 e. The molecule has 1 atom stereocenters. The predicted octanol–water partition coefficient (Wildman–Crippen LogP) is 1.77. The normalized spacial score (nSPS) is 16.6. The molecule has 0 aliphatic carbocycles. The van der Waals surface area contributed by atoms with Gasteiger partial charge in [-0.15, -0.1) is 0 Å². The Morgan fingerprint density at radius 2 is 2.11 bits per heavy atom. The second kappa shape index (κ2) is 11.7. The molecule has 1 aliphatic rings. The number of rotatable bonds is 12. The molecule has 1 aliphatic heterocycles. The molecular formula is C25H37N7O4S. The molecule has 11 nitrogen and oxygen atoms in total. The number of aryl methyl sites for hydroxylation is 2. The van der Waals surface area contributed by atoms with Gasteiger partial charge in [-0.25, -0.2) is 18.1 Å². The zero-order chi connectivity index (χ0) is 26.6. The number of H-pyrrole nitrogens is 1. The van der Waals surface area contributed by atoms with Crippen LogP contribution in [0.1, 0.15) is 44.7 Å². The molecule has 0 radical (unpaired) electrons. The van der Waals surface area contributed by atoms with Crippen LogP contribution < -0.4 is 20.8 Å². The molecular weight excluding hydrogens is 494 g/mol. The zero-order valence-electron chi connectivity index (χ0n) is 21.8. The lowest BCUT2D eigenvalue weighted by Gasteiger charge is -2.19. The molecule has 1 aromatic carbocycles. The van der Waals surface area contributed by atoms with Crippen LogP contribution in [0.2, 0.25) is 0 Å². The summed E-state index contributed by atoms with van der Waals surface area (Å²) in [6, 6.07) is 5.00. The summed E-state index contributed by atoms with van der Waals surface area (Å²) in [5, 5.41) is 4.47. The quantitative estimate of drug-likeness (QED) is 0.300. The summed E-state index contributed by atoms with van der Waals surface area (Å²) in [6.45, 7) is 4.23. The van der Waals surface area contributed by atoms with Crippen molar-refractivity contribution in [2.45, 2.75) is 56.4 Å². The number of nitrogens with zero attached hydrogens (tertiary/aromatic N) is 4. The second-order valence-corrected chi connectivity index (χ2v) is 11.3. The van der Waals surface area contributed by atoms with E-state index in [1.807, 2.05) is 6.92 Å². The van der Waals surface area contributed by atoms with E-state index in [1.54, 1.807) is 13.1 Å². The first-order valence-electron chi connectivity index (χ1n) is 12.9. The van der Waals surface area contributed by atoms with E-state index in [9.17, 15) is 13.2 Å². The highest BCUT2D eigenvalue weighted by atomic mass is 32.2. The molecule has 3 heterocycles. The number of hydrogen-bond donors (Lipinski definition) is 3. The number of nitrogens with two attached hydrogens (primary N) is 1. The van der Waals surface area contributed by atoms with Crippen LogP contribution in [-0.2, 0) is 23.5 Å². The van der Waals surface area contributed by atoms with Crippen molar-refractivity contribution in [3.8, 4) is 17.1 Å². The summed E-state index contributed by atoms with van der Waals surface area (Å²) in [7, 11) is -0.00747. The number of aromatic amines is 1. The highest BCUT2D eigenvalue weighted by Gasteiger charge is 2.23. The highest BCUT2D eigenvalue weighted by molar-refractivity contribution is 7.89. The molecule has 0 saturated carbocycles. The van der Waals surface area contributed by atoms with Crippen molar-refractivity contribution in [3.05, 3.63) is 34.2 Å². The van der Waals surface area contributed by atoms with Gasteiger partial charge in [-0.05, 0) is 70.4 Å². The van der Waals surface area contributed by atoms with Gasteiger partial charge in [0, 0.05) is 19.6 Å². The van der Waals surface area contributed by atoms with E-state index in [-0.39, 0.29) is 16.3 Å². The lowest BCUT2D eigenvalue weighted by atomic mass is 10.1. The molecule has 12 heteroatoms. The maximum absolute atomic E-state index is 13.2. The first-order chi connectivity index (χ1) is 17.7. The van der Waals surface area contributed by atoms with Gasteiger partial charge < -0.3 is 20.4 Å². The summed E-state index contributed by atoms with van der Waals surface area (Å²) >= 11 is 0. The van der Waals surface area contributed by atoms with Crippen molar-refractivity contribution >= 4 is 21.1 Å². The number of likely N-dealkylation sites (tertiary alicyclic amines) is 1. The van der Waals surface area contributed by atoms with Gasteiger partial charge in [-0.3, -0.25) is 9.48 Å². The average Bonchev–Trinajstić information content (AvgIpc) is 3.41. The van der Waals surface area contributed by atoms with E-state index in [2.05, 4.69) is 26.8 Å². The van der Waals surface area contributed by atoms with E-state index in [1.165, 1.54) is 16.8 Å². The Morgan fingerprint density at radius 3 is 2.81 bits per heavy atom. The third-order valence-corrected chi connectivity index (χ3v) is 8.27. The predicted molar refractivity (Wildman–Crippen MR) is 143 cm³/mol. The molecule has 0 unspecified atom stereocenters. The van der Waals surface area contributed by atoms with Crippen molar-refractivity contribution in [2.75, 3.05) is 33.3 Å². The molecule has 202 valence electrons. The smallest absolute Gasteiger partial charge is 0.277 e. The Labute approximate surface area is 217 Å². The van der Waals surface area contributed by atoms with Gasteiger partial charge in [0.25, 0.3) is 5.56 Å². The fraction of sp³-hybridized carbons (Fsp3) is 0.560. The number of sulfonamides is 1. The summed E-state index contributed by atoms with van der Waals surface area (Å²) in [4.78, 5) is 22.9. The van der Waals surface area contributed by atoms with Gasteiger partial charge in [0.2, 0.25) is 10.0 Å². The van der Waals surface area contributed by atoms with Crippen LogP contribution in [0, 0.1) is 0 Å². The molecule has 4 rings (SSSR count). The Bertz CT molecular complexity index is 1400. The summed E-state index contributed by atoms with van der Waals surface area (Å²) in [5.41, 5.74) is 7.25. The van der Waals surface area contributed by atoms with Gasteiger partial charge >= 0.3 is 0 Å². The van der Waals surface area contributed by atoms with Crippen LogP contribution in [-0.4, -0.2) is 72.4 Å². The summed E-state index contributed by atoms with van der Waals surface area (Å²) < 4.78 is 36.5. The van der Waals surface area contributed by atoms with Gasteiger partial charge in [0.1, 0.15) is 17.1 Å².